The number of rotatable bonds is 4. The summed E-state index contributed by atoms with van der Waals surface area (Å²) in [6.07, 6.45) is 12.3. The highest BCUT2D eigenvalue weighted by molar-refractivity contribution is 5.66. The molecule has 0 unspecified atom stereocenters. The highest BCUT2D eigenvalue weighted by Gasteiger charge is 2.19. The summed E-state index contributed by atoms with van der Waals surface area (Å²) in [7, 11) is 0. The highest BCUT2D eigenvalue weighted by Crippen LogP contribution is 2.30. The summed E-state index contributed by atoms with van der Waals surface area (Å²) in [5, 5.41) is 7.74. The summed E-state index contributed by atoms with van der Waals surface area (Å²) >= 11 is 0. The van der Waals surface area contributed by atoms with Gasteiger partial charge in [-0.2, -0.15) is 5.10 Å². The zero-order valence-electron chi connectivity index (χ0n) is 11.5. The molecule has 0 aliphatic heterocycles. The second-order valence-corrected chi connectivity index (χ2v) is 5.61. The first-order chi connectivity index (χ1) is 9.36. The van der Waals surface area contributed by atoms with Crippen molar-refractivity contribution in [3.8, 4) is 0 Å². The smallest absolute Gasteiger partial charge is 0.152 e. The Balaban J connectivity index is 1.59. The molecule has 0 amide bonds. The molecule has 0 aromatic carbocycles. The summed E-state index contributed by atoms with van der Waals surface area (Å²) in [5.41, 5.74) is 1.06. The van der Waals surface area contributed by atoms with Crippen LogP contribution in [-0.4, -0.2) is 21.1 Å². The van der Waals surface area contributed by atoms with E-state index in [-0.39, 0.29) is 0 Å². The zero-order valence-corrected chi connectivity index (χ0v) is 11.5. The van der Waals surface area contributed by atoms with Gasteiger partial charge in [-0.05, 0) is 30.7 Å². The van der Waals surface area contributed by atoms with Crippen molar-refractivity contribution in [1.82, 2.24) is 14.6 Å². The maximum absolute atomic E-state index is 4.42. The lowest BCUT2D eigenvalue weighted by atomic mass is 9.81. The largest absolute Gasteiger partial charge is 0.368 e. The molecule has 2 aromatic heterocycles. The monoisotopic (exact) mass is 258 g/mol. The first-order valence-corrected chi connectivity index (χ1v) is 7.39. The van der Waals surface area contributed by atoms with Gasteiger partial charge in [-0.1, -0.05) is 26.2 Å². The molecular formula is C15H22N4. The summed E-state index contributed by atoms with van der Waals surface area (Å²) in [6, 6.07) is 2.00. The van der Waals surface area contributed by atoms with E-state index in [1.165, 1.54) is 32.1 Å². The average molecular weight is 258 g/mol. The molecule has 2 heterocycles. The maximum atomic E-state index is 4.42. The lowest BCUT2D eigenvalue weighted by Crippen LogP contribution is -2.21. The molecular weight excluding hydrogens is 236 g/mol. The van der Waals surface area contributed by atoms with E-state index in [0.717, 1.165) is 29.7 Å². The second-order valence-electron chi connectivity index (χ2n) is 5.61. The Hall–Kier alpha value is -1.58. The summed E-state index contributed by atoms with van der Waals surface area (Å²) in [4.78, 5) is 4.42. The Labute approximate surface area is 114 Å². The highest BCUT2D eigenvalue weighted by atomic mass is 15.2. The van der Waals surface area contributed by atoms with Gasteiger partial charge in [0.2, 0.25) is 0 Å². The van der Waals surface area contributed by atoms with Gasteiger partial charge in [-0.3, -0.25) is 0 Å². The van der Waals surface area contributed by atoms with Gasteiger partial charge in [0, 0.05) is 18.9 Å². The van der Waals surface area contributed by atoms with Crippen molar-refractivity contribution in [2.45, 2.75) is 39.0 Å². The Morgan fingerprint density at radius 2 is 2.00 bits per heavy atom. The van der Waals surface area contributed by atoms with Crippen LogP contribution in [0.1, 0.15) is 39.0 Å². The van der Waals surface area contributed by atoms with Crippen LogP contribution in [0, 0.1) is 11.8 Å². The van der Waals surface area contributed by atoms with Crippen molar-refractivity contribution in [3.63, 3.8) is 0 Å². The standard InChI is InChI=1S/C15H22N4/c1-2-12-3-5-13(6-4-12)11-17-15-14-7-8-18-19(14)10-9-16-15/h7-10,12-13H,2-6,11H2,1H3,(H,16,17). The minimum Gasteiger partial charge on any atom is -0.368 e. The number of anilines is 1. The topological polar surface area (TPSA) is 42.2 Å². The van der Waals surface area contributed by atoms with E-state index in [2.05, 4.69) is 22.3 Å². The molecule has 0 atom stereocenters. The number of hydrogen-bond donors (Lipinski definition) is 1. The number of nitrogens with zero attached hydrogens (tertiary/aromatic N) is 3. The molecule has 0 saturated heterocycles. The molecule has 4 nitrogen and oxygen atoms in total. The molecule has 1 N–H and O–H groups in total. The first-order valence-electron chi connectivity index (χ1n) is 7.39. The predicted molar refractivity (Wildman–Crippen MR) is 77.2 cm³/mol. The van der Waals surface area contributed by atoms with Crippen LogP contribution < -0.4 is 5.32 Å². The summed E-state index contributed by atoms with van der Waals surface area (Å²) < 4.78 is 1.86. The normalized spacial score (nSPS) is 23.6. The predicted octanol–water partition coefficient (Wildman–Crippen LogP) is 3.36. The van der Waals surface area contributed by atoms with E-state index in [4.69, 9.17) is 0 Å². The van der Waals surface area contributed by atoms with E-state index in [9.17, 15) is 0 Å². The second kappa shape index (κ2) is 5.59. The van der Waals surface area contributed by atoms with Crippen LogP contribution in [0.3, 0.4) is 0 Å². The summed E-state index contributed by atoms with van der Waals surface area (Å²) in [6.45, 7) is 3.35. The molecule has 2 aromatic rings. The fraction of sp³-hybridized carbons (Fsp3) is 0.600. The van der Waals surface area contributed by atoms with Gasteiger partial charge >= 0.3 is 0 Å². The molecule has 1 fully saturated rings. The van der Waals surface area contributed by atoms with E-state index >= 15 is 0 Å². The van der Waals surface area contributed by atoms with E-state index in [1.54, 1.807) is 6.20 Å². The lowest BCUT2D eigenvalue weighted by Gasteiger charge is -2.28. The number of hydrogen-bond acceptors (Lipinski definition) is 3. The van der Waals surface area contributed by atoms with Crippen molar-refractivity contribution in [1.29, 1.82) is 0 Å². The van der Waals surface area contributed by atoms with Gasteiger partial charge in [0.1, 0.15) is 5.52 Å². The van der Waals surface area contributed by atoms with Crippen molar-refractivity contribution >= 4 is 11.3 Å². The maximum Gasteiger partial charge on any atom is 0.152 e. The first kappa shape index (κ1) is 12.5. The number of nitrogens with one attached hydrogen (secondary N) is 1. The molecule has 0 bridgehead atoms. The fourth-order valence-corrected chi connectivity index (χ4v) is 3.08. The minimum atomic E-state index is 0.799. The van der Waals surface area contributed by atoms with Crippen LogP contribution in [0.25, 0.3) is 5.52 Å². The molecule has 0 spiro atoms. The van der Waals surface area contributed by atoms with Crippen LogP contribution >= 0.6 is 0 Å². The Morgan fingerprint density at radius 3 is 2.79 bits per heavy atom. The Kier molecular flexibility index (Phi) is 3.67. The molecule has 1 saturated carbocycles. The van der Waals surface area contributed by atoms with E-state index in [1.807, 2.05) is 23.0 Å². The third-order valence-corrected chi connectivity index (χ3v) is 4.43. The van der Waals surface area contributed by atoms with Crippen molar-refractivity contribution < 1.29 is 0 Å². The van der Waals surface area contributed by atoms with Crippen molar-refractivity contribution in [2.75, 3.05) is 11.9 Å². The molecule has 3 rings (SSSR count). The van der Waals surface area contributed by atoms with Crippen LogP contribution in [-0.2, 0) is 0 Å². The number of aromatic nitrogens is 3. The van der Waals surface area contributed by atoms with Gasteiger partial charge in [0.15, 0.2) is 5.82 Å². The van der Waals surface area contributed by atoms with Gasteiger partial charge in [-0.25, -0.2) is 9.50 Å². The minimum absolute atomic E-state index is 0.799. The lowest BCUT2D eigenvalue weighted by molar-refractivity contribution is 0.278. The molecule has 4 heteroatoms. The average Bonchev–Trinajstić information content (AvgIpc) is 2.94. The molecule has 19 heavy (non-hydrogen) atoms. The van der Waals surface area contributed by atoms with Gasteiger partial charge in [-0.15, -0.1) is 0 Å². The Morgan fingerprint density at radius 1 is 1.21 bits per heavy atom. The van der Waals surface area contributed by atoms with E-state index < -0.39 is 0 Å². The molecule has 1 aliphatic carbocycles. The van der Waals surface area contributed by atoms with Crippen LogP contribution in [0.5, 0.6) is 0 Å². The van der Waals surface area contributed by atoms with Crippen molar-refractivity contribution in [3.05, 3.63) is 24.7 Å². The van der Waals surface area contributed by atoms with Crippen LogP contribution in [0.15, 0.2) is 24.7 Å². The quantitative estimate of drug-likeness (QED) is 0.914. The third kappa shape index (κ3) is 2.72. The molecule has 102 valence electrons. The van der Waals surface area contributed by atoms with Crippen molar-refractivity contribution in [2.24, 2.45) is 11.8 Å². The number of fused-ring (bicyclic) bond motifs is 1. The third-order valence-electron chi connectivity index (χ3n) is 4.43. The van der Waals surface area contributed by atoms with Gasteiger partial charge in [0.05, 0.1) is 6.20 Å². The fourth-order valence-electron chi connectivity index (χ4n) is 3.08. The SMILES string of the molecule is CCC1CCC(CNc2nccn3nccc23)CC1. The summed E-state index contributed by atoms with van der Waals surface area (Å²) in [5.74, 6) is 2.72. The van der Waals surface area contributed by atoms with Gasteiger partial charge < -0.3 is 5.32 Å². The zero-order chi connectivity index (χ0) is 13.1. The molecule has 1 aliphatic rings. The van der Waals surface area contributed by atoms with E-state index in [0.29, 0.717) is 0 Å². The molecule has 0 radical (unpaired) electrons. The Bertz CT molecular complexity index is 526. The van der Waals surface area contributed by atoms with Gasteiger partial charge in [0.25, 0.3) is 0 Å². The van der Waals surface area contributed by atoms with Crippen LogP contribution in [0.4, 0.5) is 5.82 Å². The van der Waals surface area contributed by atoms with Crippen LogP contribution in [0.2, 0.25) is 0 Å².